The maximum atomic E-state index is 5.53. The summed E-state index contributed by atoms with van der Waals surface area (Å²) in [5.41, 5.74) is 3.97. The molecule has 1 aromatic heterocycles. The third-order valence-corrected chi connectivity index (χ3v) is 3.77. The largest absolute Gasteiger partial charge is 0.271 e. The van der Waals surface area contributed by atoms with E-state index in [0.717, 1.165) is 30.7 Å². The van der Waals surface area contributed by atoms with E-state index in [1.807, 2.05) is 0 Å². The maximum Gasteiger partial charge on any atom is 0.0641 e. The standard InChI is InChI=1S/C12H24N4S/c1-4-12(5-2)16-7-6-10(15-16)8-11(14-13)9-17-3/h6-7,11-12,14H,4-5,8-9,13H2,1-3H3. The van der Waals surface area contributed by atoms with E-state index in [-0.39, 0.29) is 0 Å². The Hall–Kier alpha value is -0.520. The van der Waals surface area contributed by atoms with Crippen molar-refractivity contribution in [2.24, 2.45) is 5.84 Å². The summed E-state index contributed by atoms with van der Waals surface area (Å²) in [6.07, 6.45) is 7.32. The Morgan fingerprint density at radius 1 is 1.47 bits per heavy atom. The molecule has 1 heterocycles. The number of aromatic nitrogens is 2. The number of nitrogens with two attached hydrogens (primary N) is 1. The first kappa shape index (κ1) is 14.5. The smallest absolute Gasteiger partial charge is 0.0641 e. The average Bonchev–Trinajstić information content (AvgIpc) is 2.79. The molecule has 4 nitrogen and oxygen atoms in total. The summed E-state index contributed by atoms with van der Waals surface area (Å²) in [6.45, 7) is 4.40. The van der Waals surface area contributed by atoms with Gasteiger partial charge in [0.1, 0.15) is 0 Å². The summed E-state index contributed by atoms with van der Waals surface area (Å²) >= 11 is 1.80. The van der Waals surface area contributed by atoms with Gasteiger partial charge in [0.25, 0.3) is 0 Å². The van der Waals surface area contributed by atoms with Gasteiger partial charge >= 0.3 is 0 Å². The van der Waals surface area contributed by atoms with Crippen LogP contribution in [0.4, 0.5) is 0 Å². The molecule has 3 N–H and O–H groups in total. The molecule has 98 valence electrons. The molecule has 1 rings (SSSR count). The minimum absolute atomic E-state index is 0.301. The van der Waals surface area contributed by atoms with Crippen LogP contribution in [0.15, 0.2) is 12.3 Å². The van der Waals surface area contributed by atoms with Crippen molar-refractivity contribution in [1.82, 2.24) is 15.2 Å². The van der Waals surface area contributed by atoms with E-state index in [0.29, 0.717) is 12.1 Å². The molecule has 0 fully saturated rings. The minimum atomic E-state index is 0.301. The summed E-state index contributed by atoms with van der Waals surface area (Å²) < 4.78 is 2.09. The van der Waals surface area contributed by atoms with E-state index in [4.69, 9.17) is 5.84 Å². The Kier molecular flexibility index (Phi) is 6.62. The number of rotatable bonds is 8. The molecule has 0 aliphatic heterocycles. The quantitative estimate of drug-likeness (QED) is 0.551. The molecule has 0 aliphatic carbocycles. The zero-order valence-electron chi connectivity index (χ0n) is 11.0. The second kappa shape index (κ2) is 7.74. The molecule has 5 heteroatoms. The summed E-state index contributed by atoms with van der Waals surface area (Å²) in [5, 5.41) is 4.63. The van der Waals surface area contributed by atoms with Crippen molar-refractivity contribution in [2.75, 3.05) is 12.0 Å². The van der Waals surface area contributed by atoms with Gasteiger partial charge in [-0.3, -0.25) is 16.0 Å². The van der Waals surface area contributed by atoms with Crippen molar-refractivity contribution < 1.29 is 0 Å². The molecule has 1 unspecified atom stereocenters. The lowest BCUT2D eigenvalue weighted by atomic mass is 10.2. The molecule has 0 saturated heterocycles. The molecule has 1 atom stereocenters. The fourth-order valence-electron chi connectivity index (χ4n) is 1.97. The fourth-order valence-corrected chi connectivity index (χ4v) is 2.59. The van der Waals surface area contributed by atoms with Crippen molar-refractivity contribution >= 4 is 11.8 Å². The Morgan fingerprint density at radius 2 is 2.18 bits per heavy atom. The number of hydrogen-bond acceptors (Lipinski definition) is 4. The number of hydrogen-bond donors (Lipinski definition) is 2. The van der Waals surface area contributed by atoms with Crippen molar-refractivity contribution in [3.63, 3.8) is 0 Å². The van der Waals surface area contributed by atoms with Crippen LogP contribution in [0.2, 0.25) is 0 Å². The van der Waals surface area contributed by atoms with E-state index in [2.05, 4.69) is 47.6 Å². The number of thioether (sulfide) groups is 1. The molecule has 0 spiro atoms. The van der Waals surface area contributed by atoms with Gasteiger partial charge in [0.15, 0.2) is 0 Å². The predicted molar refractivity (Wildman–Crippen MR) is 75.0 cm³/mol. The van der Waals surface area contributed by atoms with Crippen LogP contribution in [-0.4, -0.2) is 27.8 Å². The van der Waals surface area contributed by atoms with Gasteiger partial charge in [-0.25, -0.2) is 0 Å². The van der Waals surface area contributed by atoms with Gasteiger partial charge in [-0.05, 0) is 25.2 Å². The van der Waals surface area contributed by atoms with Crippen molar-refractivity contribution in [3.8, 4) is 0 Å². The second-order valence-electron chi connectivity index (χ2n) is 4.28. The number of hydrazine groups is 1. The van der Waals surface area contributed by atoms with Gasteiger partial charge in [0, 0.05) is 24.4 Å². The van der Waals surface area contributed by atoms with Crippen molar-refractivity contribution in [1.29, 1.82) is 0 Å². The SMILES string of the molecule is CCC(CC)n1ccc(CC(CSC)NN)n1. The highest BCUT2D eigenvalue weighted by Crippen LogP contribution is 2.15. The van der Waals surface area contributed by atoms with E-state index >= 15 is 0 Å². The zero-order valence-corrected chi connectivity index (χ0v) is 11.8. The van der Waals surface area contributed by atoms with Crippen LogP contribution in [0.1, 0.15) is 38.4 Å². The third-order valence-electron chi connectivity index (χ3n) is 3.04. The first-order valence-corrected chi connectivity index (χ1v) is 7.63. The van der Waals surface area contributed by atoms with Crippen LogP contribution in [0.25, 0.3) is 0 Å². The monoisotopic (exact) mass is 256 g/mol. The van der Waals surface area contributed by atoms with E-state index in [9.17, 15) is 0 Å². The lowest BCUT2D eigenvalue weighted by molar-refractivity contribution is 0.423. The van der Waals surface area contributed by atoms with Crippen LogP contribution in [0, 0.1) is 0 Å². The van der Waals surface area contributed by atoms with Crippen LogP contribution in [0.5, 0.6) is 0 Å². The molecule has 0 amide bonds. The third kappa shape index (κ3) is 4.33. The number of nitrogens with zero attached hydrogens (tertiary/aromatic N) is 2. The first-order chi connectivity index (χ1) is 8.24. The average molecular weight is 256 g/mol. The van der Waals surface area contributed by atoms with Gasteiger partial charge in [-0.1, -0.05) is 13.8 Å². The normalized spacial score (nSPS) is 13.2. The maximum absolute atomic E-state index is 5.53. The molecule has 17 heavy (non-hydrogen) atoms. The van der Waals surface area contributed by atoms with Gasteiger partial charge in [0.2, 0.25) is 0 Å². The summed E-state index contributed by atoms with van der Waals surface area (Å²) in [6, 6.07) is 2.92. The van der Waals surface area contributed by atoms with Gasteiger partial charge in [-0.15, -0.1) is 0 Å². The molecular formula is C12H24N4S. The highest BCUT2D eigenvalue weighted by Gasteiger charge is 2.11. The molecule has 0 aliphatic rings. The summed E-state index contributed by atoms with van der Waals surface area (Å²) in [7, 11) is 0. The van der Waals surface area contributed by atoms with Crippen molar-refractivity contribution in [3.05, 3.63) is 18.0 Å². The Bertz CT molecular complexity index is 309. The molecule has 1 aromatic rings. The lowest BCUT2D eigenvalue weighted by Gasteiger charge is -2.14. The van der Waals surface area contributed by atoms with Crippen LogP contribution in [0.3, 0.4) is 0 Å². The van der Waals surface area contributed by atoms with Gasteiger partial charge in [0.05, 0.1) is 11.7 Å². The van der Waals surface area contributed by atoms with E-state index < -0.39 is 0 Å². The van der Waals surface area contributed by atoms with Crippen LogP contribution >= 0.6 is 11.8 Å². The number of nitrogens with one attached hydrogen (secondary N) is 1. The van der Waals surface area contributed by atoms with Gasteiger partial charge in [-0.2, -0.15) is 16.9 Å². The topological polar surface area (TPSA) is 55.9 Å². The van der Waals surface area contributed by atoms with Crippen molar-refractivity contribution in [2.45, 2.75) is 45.2 Å². The van der Waals surface area contributed by atoms with Gasteiger partial charge < -0.3 is 0 Å². The minimum Gasteiger partial charge on any atom is -0.271 e. The van der Waals surface area contributed by atoms with E-state index in [1.165, 1.54) is 0 Å². The Morgan fingerprint density at radius 3 is 2.71 bits per heavy atom. The molecule has 0 saturated carbocycles. The highest BCUT2D eigenvalue weighted by atomic mass is 32.2. The molecule has 0 radical (unpaired) electrons. The molecule has 0 aromatic carbocycles. The Balaban J connectivity index is 2.60. The summed E-state index contributed by atoms with van der Waals surface area (Å²) in [5.74, 6) is 6.54. The Labute approximate surface area is 108 Å². The van der Waals surface area contributed by atoms with Crippen LogP contribution in [-0.2, 0) is 6.42 Å². The molecular weight excluding hydrogens is 232 g/mol. The zero-order chi connectivity index (χ0) is 12.7. The lowest BCUT2D eigenvalue weighted by Crippen LogP contribution is -2.38. The van der Waals surface area contributed by atoms with Crippen LogP contribution < -0.4 is 11.3 Å². The first-order valence-electron chi connectivity index (χ1n) is 6.24. The molecule has 0 bridgehead atoms. The summed E-state index contributed by atoms with van der Waals surface area (Å²) in [4.78, 5) is 0. The highest BCUT2D eigenvalue weighted by molar-refractivity contribution is 7.98. The fraction of sp³-hybridized carbons (Fsp3) is 0.750. The van der Waals surface area contributed by atoms with E-state index in [1.54, 1.807) is 11.8 Å². The second-order valence-corrected chi connectivity index (χ2v) is 5.19. The predicted octanol–water partition coefficient (Wildman–Crippen LogP) is 1.98.